The minimum atomic E-state index is -1.26. The highest BCUT2D eigenvalue weighted by molar-refractivity contribution is 5.98. The third-order valence-electron chi connectivity index (χ3n) is 8.88. The van der Waals surface area contributed by atoms with Crippen LogP contribution < -0.4 is 10.6 Å². The van der Waals surface area contributed by atoms with Crippen LogP contribution in [-0.2, 0) is 33.4 Å². The number of ether oxygens (including phenoxy) is 3. The summed E-state index contributed by atoms with van der Waals surface area (Å²) in [6, 6.07) is -2.48. The summed E-state index contributed by atoms with van der Waals surface area (Å²) in [4.78, 5) is 60.5. The van der Waals surface area contributed by atoms with Crippen molar-refractivity contribution in [1.82, 2.24) is 15.5 Å². The third-order valence-corrected chi connectivity index (χ3v) is 8.88. The molecule has 3 amide bonds. The molecule has 0 aromatic heterocycles. The monoisotopic (exact) mass is 594 g/mol. The largest absolute Gasteiger partial charge is 0.476 e. The Morgan fingerprint density at radius 2 is 1.64 bits per heavy atom. The van der Waals surface area contributed by atoms with Gasteiger partial charge in [-0.15, -0.1) is 0 Å². The summed E-state index contributed by atoms with van der Waals surface area (Å²) in [5.41, 5.74) is -2.41. The van der Waals surface area contributed by atoms with Crippen LogP contribution in [0.3, 0.4) is 0 Å². The molecule has 2 N–H and O–H groups in total. The zero-order chi connectivity index (χ0) is 32.0. The van der Waals surface area contributed by atoms with Crippen molar-refractivity contribution in [1.29, 1.82) is 0 Å². The van der Waals surface area contributed by atoms with E-state index in [1.807, 2.05) is 20.8 Å². The van der Waals surface area contributed by atoms with Gasteiger partial charge in [-0.05, 0) is 65.7 Å². The first-order valence-electron chi connectivity index (χ1n) is 15.4. The molecule has 2 aliphatic rings. The van der Waals surface area contributed by atoms with E-state index in [0.717, 1.165) is 19.3 Å². The number of methoxy groups -OCH3 is 1. The van der Waals surface area contributed by atoms with E-state index in [4.69, 9.17) is 14.2 Å². The van der Waals surface area contributed by atoms with Crippen LogP contribution in [0.4, 0.5) is 0 Å². The van der Waals surface area contributed by atoms with Gasteiger partial charge in [-0.1, -0.05) is 40.5 Å². The summed E-state index contributed by atoms with van der Waals surface area (Å²) in [6.07, 6.45) is 3.22. The number of hydrogen-bond donors (Lipinski definition) is 2. The highest BCUT2D eigenvalue weighted by Crippen LogP contribution is 2.34. The van der Waals surface area contributed by atoms with E-state index in [9.17, 15) is 19.2 Å². The number of amides is 3. The van der Waals surface area contributed by atoms with Gasteiger partial charge in [0.1, 0.15) is 30.8 Å². The lowest BCUT2D eigenvalue weighted by molar-refractivity contribution is -0.167. The molecule has 2 aliphatic heterocycles. The fraction of sp³-hybridized carbons (Fsp3) is 0.839. The highest BCUT2D eigenvalue weighted by Gasteiger charge is 2.48. The molecule has 8 atom stereocenters. The Balaban J connectivity index is 2.53. The average Bonchev–Trinajstić information content (AvgIpc) is 3.35. The van der Waals surface area contributed by atoms with Crippen molar-refractivity contribution in [3.63, 3.8) is 0 Å². The summed E-state index contributed by atoms with van der Waals surface area (Å²) >= 11 is 0. The molecule has 2 bridgehead atoms. The lowest BCUT2D eigenvalue weighted by Gasteiger charge is -2.38. The molecule has 0 unspecified atom stereocenters. The molecule has 11 heteroatoms. The summed E-state index contributed by atoms with van der Waals surface area (Å²) < 4.78 is 17.5. The molecule has 0 aliphatic carbocycles. The highest BCUT2D eigenvalue weighted by atomic mass is 16.5. The Bertz CT molecular complexity index is 1020. The molecular weight excluding hydrogens is 540 g/mol. The van der Waals surface area contributed by atoms with Gasteiger partial charge in [0.15, 0.2) is 5.54 Å². The van der Waals surface area contributed by atoms with Gasteiger partial charge in [-0.3, -0.25) is 14.4 Å². The number of aliphatic imine (C=N–C) groups is 1. The Hall–Kier alpha value is -2.69. The molecule has 0 aromatic carbocycles. The molecule has 2 heterocycles. The number of rotatable bonds is 9. The number of fused-ring (bicyclic) bond motifs is 1. The van der Waals surface area contributed by atoms with Crippen molar-refractivity contribution in [3.05, 3.63) is 0 Å². The van der Waals surface area contributed by atoms with Crippen LogP contribution in [0.25, 0.3) is 0 Å². The summed E-state index contributed by atoms with van der Waals surface area (Å²) in [5.74, 6) is -1.99. The number of cyclic esters (lactones) is 1. The van der Waals surface area contributed by atoms with Gasteiger partial charge < -0.3 is 29.7 Å². The number of nitrogens with zero attached hydrogens (tertiary/aromatic N) is 2. The van der Waals surface area contributed by atoms with Crippen molar-refractivity contribution >= 4 is 29.6 Å². The van der Waals surface area contributed by atoms with Crippen LogP contribution in [0.15, 0.2) is 4.99 Å². The van der Waals surface area contributed by atoms with Crippen LogP contribution in [0.1, 0.15) is 94.4 Å². The van der Waals surface area contributed by atoms with E-state index in [1.54, 1.807) is 48.8 Å². The first-order valence-corrected chi connectivity index (χ1v) is 15.4. The van der Waals surface area contributed by atoms with E-state index in [-0.39, 0.29) is 42.3 Å². The Morgan fingerprint density at radius 3 is 2.21 bits per heavy atom. The number of nitrogens with one attached hydrogen (secondary N) is 2. The maximum absolute atomic E-state index is 13.7. The maximum Gasteiger partial charge on any atom is 0.328 e. The minimum absolute atomic E-state index is 0.0138. The SMILES string of the molecule is CCC[C@H](CC[C@H](C)[C@H]1OC(=O)[C@H](C)NC(=O)[C@H]([C@@H](C)CC)N(C)C(=O)[C@]2(C)COC(=N2)[C@H](C)NC(=O)C1(C)C)OC. The molecule has 2 rings (SSSR count). The van der Waals surface area contributed by atoms with Gasteiger partial charge in [0.25, 0.3) is 5.91 Å². The molecule has 0 saturated carbocycles. The number of hydrogen-bond acceptors (Lipinski definition) is 8. The van der Waals surface area contributed by atoms with Gasteiger partial charge in [0.2, 0.25) is 17.7 Å². The van der Waals surface area contributed by atoms with Gasteiger partial charge in [0, 0.05) is 14.2 Å². The van der Waals surface area contributed by atoms with Crippen molar-refractivity contribution < 1.29 is 33.4 Å². The molecule has 0 radical (unpaired) electrons. The normalized spacial score (nSPS) is 31.3. The molecule has 240 valence electrons. The maximum atomic E-state index is 13.7. The average molecular weight is 595 g/mol. The number of carbonyl (C=O) groups excluding carboxylic acids is 4. The van der Waals surface area contributed by atoms with Crippen molar-refractivity contribution in [2.24, 2.45) is 22.2 Å². The van der Waals surface area contributed by atoms with E-state index >= 15 is 0 Å². The predicted molar refractivity (Wildman–Crippen MR) is 161 cm³/mol. The fourth-order valence-electron chi connectivity index (χ4n) is 5.83. The Morgan fingerprint density at radius 1 is 1.00 bits per heavy atom. The standard InChI is InChI=1S/C31H54N4O7/c1-12-14-22(40-11)16-15-19(4)24-30(7,8)28(38)33-20(5)26-34-31(9,17-41-26)29(39)35(10)23(18(3)13-2)25(36)32-21(6)27(37)42-24/h18-24H,12-17H2,1-11H3,(H,32,36)(H,33,38)/t18-,19-,20-,21-,22+,23-,24+,31-/m0/s1. The molecule has 0 fully saturated rings. The Kier molecular flexibility index (Phi) is 12.4. The summed E-state index contributed by atoms with van der Waals surface area (Å²) in [5, 5.41) is 5.74. The van der Waals surface area contributed by atoms with Gasteiger partial charge >= 0.3 is 5.97 Å². The number of likely N-dealkylation sites (N-methyl/N-ethyl adjacent to an activating group) is 1. The zero-order valence-corrected chi connectivity index (χ0v) is 27.5. The second-order valence-electron chi connectivity index (χ2n) is 13.0. The van der Waals surface area contributed by atoms with Crippen LogP contribution >= 0.6 is 0 Å². The van der Waals surface area contributed by atoms with Crippen LogP contribution in [0.5, 0.6) is 0 Å². The van der Waals surface area contributed by atoms with Gasteiger partial charge in [-0.2, -0.15) is 0 Å². The topological polar surface area (TPSA) is 136 Å². The molecule has 0 spiro atoms. The van der Waals surface area contributed by atoms with Crippen LogP contribution in [-0.4, -0.2) is 91.1 Å². The minimum Gasteiger partial charge on any atom is -0.476 e. The van der Waals surface area contributed by atoms with E-state index in [2.05, 4.69) is 22.5 Å². The molecule has 0 aromatic rings. The van der Waals surface area contributed by atoms with Crippen molar-refractivity contribution in [2.75, 3.05) is 20.8 Å². The number of esters is 1. The molecule has 42 heavy (non-hydrogen) atoms. The second kappa shape index (κ2) is 14.7. The van der Waals surface area contributed by atoms with E-state index in [0.29, 0.717) is 12.8 Å². The van der Waals surface area contributed by atoms with Crippen molar-refractivity contribution in [3.8, 4) is 0 Å². The van der Waals surface area contributed by atoms with Crippen LogP contribution in [0.2, 0.25) is 0 Å². The molecule has 0 saturated heterocycles. The van der Waals surface area contributed by atoms with Crippen molar-refractivity contribution in [2.45, 2.75) is 130 Å². The molecular formula is C31H54N4O7. The van der Waals surface area contributed by atoms with Crippen LogP contribution in [0, 0.1) is 17.3 Å². The zero-order valence-electron chi connectivity index (χ0n) is 27.5. The second-order valence-corrected chi connectivity index (χ2v) is 13.0. The van der Waals surface area contributed by atoms with Gasteiger partial charge in [-0.25, -0.2) is 9.79 Å². The summed E-state index contributed by atoms with van der Waals surface area (Å²) in [6.45, 7) is 16.3. The van der Waals surface area contributed by atoms with E-state index in [1.165, 1.54) is 4.90 Å². The first-order chi connectivity index (χ1) is 19.5. The predicted octanol–water partition coefficient (Wildman–Crippen LogP) is 3.24. The molecule has 11 nitrogen and oxygen atoms in total. The Labute approximate surface area is 251 Å². The van der Waals surface area contributed by atoms with Gasteiger partial charge in [0.05, 0.1) is 11.5 Å². The fourth-order valence-corrected chi connectivity index (χ4v) is 5.83. The van der Waals surface area contributed by atoms with E-state index < -0.39 is 47.1 Å². The third kappa shape index (κ3) is 8.02. The number of carbonyl (C=O) groups is 4. The summed E-state index contributed by atoms with van der Waals surface area (Å²) in [7, 11) is 3.26. The first kappa shape index (κ1) is 35.5. The lowest BCUT2D eigenvalue weighted by Crippen LogP contribution is -2.58. The smallest absolute Gasteiger partial charge is 0.328 e. The quantitative estimate of drug-likeness (QED) is 0.391. The lowest BCUT2D eigenvalue weighted by atomic mass is 9.77.